The number of aliphatic hydroxyl groups is 3. The van der Waals surface area contributed by atoms with E-state index in [0.717, 1.165) is 23.8 Å². The Hall–Kier alpha value is -2.01. The molecule has 1 aliphatic heterocycles. The Balaban J connectivity index is 1.77. The quantitative estimate of drug-likeness (QED) is 0.396. The van der Waals surface area contributed by atoms with E-state index in [1.54, 1.807) is 0 Å². The summed E-state index contributed by atoms with van der Waals surface area (Å²) in [4.78, 5) is 27.7. The van der Waals surface area contributed by atoms with E-state index in [1.807, 2.05) is 0 Å². The minimum absolute atomic E-state index is 0.00237. The van der Waals surface area contributed by atoms with E-state index in [1.165, 1.54) is 37.9 Å². The first-order valence-electron chi connectivity index (χ1n) is 10.1. The lowest BCUT2D eigenvalue weighted by Crippen LogP contribution is -2.36. The molecule has 4 N–H and O–H groups in total. The topological polar surface area (TPSA) is 143 Å². The van der Waals surface area contributed by atoms with Crippen LogP contribution in [0, 0.1) is 0 Å². The third-order valence-electron chi connectivity index (χ3n) is 4.83. The number of carbonyl (C=O) groups is 1. The lowest BCUT2D eigenvalue weighted by molar-refractivity contribution is -0.0549. The zero-order chi connectivity index (χ0) is 21.2. The van der Waals surface area contributed by atoms with Crippen LogP contribution >= 0.6 is 0 Å². The zero-order valence-corrected chi connectivity index (χ0v) is 16.7. The Labute approximate surface area is 169 Å². The molecule has 0 saturated carbocycles. The minimum atomic E-state index is -1.39. The molecule has 1 aromatic heterocycles. The number of hydrogen-bond donors (Lipinski definition) is 4. The number of anilines is 1. The number of nitrogens with zero attached hydrogens (tertiary/aromatic N) is 2. The molecule has 1 fully saturated rings. The Bertz CT molecular complexity index is 697. The third kappa shape index (κ3) is 6.77. The van der Waals surface area contributed by atoms with Gasteiger partial charge in [-0.2, -0.15) is 4.98 Å². The summed E-state index contributed by atoms with van der Waals surface area (Å²) >= 11 is 0. The zero-order valence-electron chi connectivity index (χ0n) is 16.7. The maximum Gasteiger partial charge on any atom is 0.412 e. The van der Waals surface area contributed by atoms with Crippen molar-refractivity contribution < 1.29 is 29.6 Å². The fourth-order valence-electron chi connectivity index (χ4n) is 3.15. The minimum Gasteiger partial charge on any atom is -0.449 e. The van der Waals surface area contributed by atoms with Gasteiger partial charge in [-0.3, -0.25) is 9.88 Å². The second-order valence-corrected chi connectivity index (χ2v) is 7.11. The van der Waals surface area contributed by atoms with Gasteiger partial charge >= 0.3 is 11.8 Å². The molecule has 1 saturated heterocycles. The van der Waals surface area contributed by atoms with Gasteiger partial charge in [0.1, 0.15) is 24.1 Å². The molecular formula is C19H31N3O7. The smallest absolute Gasteiger partial charge is 0.412 e. The van der Waals surface area contributed by atoms with Gasteiger partial charge in [0.15, 0.2) is 6.23 Å². The number of nitrogens with one attached hydrogen (secondary N) is 1. The summed E-state index contributed by atoms with van der Waals surface area (Å²) in [7, 11) is 0. The molecule has 10 heteroatoms. The van der Waals surface area contributed by atoms with E-state index < -0.39 is 42.9 Å². The number of amides is 1. The predicted molar refractivity (Wildman–Crippen MR) is 104 cm³/mol. The lowest BCUT2D eigenvalue weighted by Gasteiger charge is -2.17. The molecule has 29 heavy (non-hydrogen) atoms. The first-order chi connectivity index (χ1) is 14.0. The standard InChI is InChI=1S/C19H31N3O7/c1-2-3-4-5-6-7-8-11-28-19(27)21-14-9-10-22(18(26)20-14)17-16(25)15(24)13(12-23)29-17/h9-10,13,15-17,23-25H,2-8,11-12H2,1H3,(H,20,21,26,27)/t13-,15-,16+,17-/m1/s1. The normalized spacial score (nSPS) is 23.9. The van der Waals surface area contributed by atoms with Crippen LogP contribution < -0.4 is 11.0 Å². The first kappa shape index (κ1) is 23.3. The molecular weight excluding hydrogens is 382 g/mol. The molecule has 2 heterocycles. The fourth-order valence-corrected chi connectivity index (χ4v) is 3.15. The maximum atomic E-state index is 12.2. The SMILES string of the molecule is CCCCCCCCCOC(=O)Nc1ccn([C@@H]2O[C@H](CO)[C@@H](O)[C@@H]2O)c(=O)n1. The summed E-state index contributed by atoms with van der Waals surface area (Å²) in [6, 6.07) is 1.35. The van der Waals surface area contributed by atoms with Crippen molar-refractivity contribution in [2.45, 2.75) is 76.4 Å². The molecule has 0 spiro atoms. The molecule has 0 aromatic carbocycles. The van der Waals surface area contributed by atoms with Crippen molar-refractivity contribution in [3.8, 4) is 0 Å². The molecule has 4 atom stereocenters. The van der Waals surface area contributed by atoms with Crippen LogP contribution in [-0.4, -0.2) is 62.5 Å². The summed E-state index contributed by atoms with van der Waals surface area (Å²) < 4.78 is 11.4. The predicted octanol–water partition coefficient (Wildman–Crippen LogP) is 1.15. The number of rotatable bonds is 11. The molecule has 1 aliphatic rings. The molecule has 0 radical (unpaired) electrons. The van der Waals surface area contributed by atoms with Gasteiger partial charge in [0.2, 0.25) is 0 Å². The van der Waals surface area contributed by atoms with Crippen molar-refractivity contribution in [1.29, 1.82) is 0 Å². The Morgan fingerprint density at radius 3 is 2.52 bits per heavy atom. The number of unbranched alkanes of at least 4 members (excludes halogenated alkanes) is 6. The van der Waals surface area contributed by atoms with Crippen molar-refractivity contribution >= 4 is 11.9 Å². The van der Waals surface area contributed by atoms with Gasteiger partial charge < -0.3 is 24.8 Å². The summed E-state index contributed by atoms with van der Waals surface area (Å²) in [5.74, 6) is 0.00237. The number of hydrogen-bond acceptors (Lipinski definition) is 8. The van der Waals surface area contributed by atoms with Crippen molar-refractivity contribution in [1.82, 2.24) is 9.55 Å². The van der Waals surface area contributed by atoms with E-state index in [-0.39, 0.29) is 5.82 Å². The Morgan fingerprint density at radius 2 is 1.90 bits per heavy atom. The number of aliphatic hydroxyl groups excluding tert-OH is 3. The summed E-state index contributed by atoms with van der Waals surface area (Å²) in [6.07, 6.45) is 3.46. The highest BCUT2D eigenvalue weighted by molar-refractivity contribution is 5.83. The van der Waals surface area contributed by atoms with Crippen molar-refractivity contribution in [2.75, 3.05) is 18.5 Å². The Kier molecular flexibility index (Phi) is 9.52. The highest BCUT2D eigenvalue weighted by Gasteiger charge is 2.43. The van der Waals surface area contributed by atoms with Gasteiger partial charge in [0, 0.05) is 6.20 Å². The van der Waals surface area contributed by atoms with E-state index in [4.69, 9.17) is 14.6 Å². The second-order valence-electron chi connectivity index (χ2n) is 7.11. The molecule has 1 amide bonds. The van der Waals surface area contributed by atoms with Gasteiger partial charge in [-0.05, 0) is 12.5 Å². The average molecular weight is 413 g/mol. The van der Waals surface area contributed by atoms with Crippen molar-refractivity contribution in [2.24, 2.45) is 0 Å². The number of ether oxygens (including phenoxy) is 2. The van der Waals surface area contributed by atoms with Crippen LogP contribution in [0.2, 0.25) is 0 Å². The van der Waals surface area contributed by atoms with E-state index in [2.05, 4.69) is 17.2 Å². The van der Waals surface area contributed by atoms with Gasteiger partial charge in [0.05, 0.1) is 13.2 Å². The van der Waals surface area contributed by atoms with E-state index in [9.17, 15) is 19.8 Å². The van der Waals surface area contributed by atoms with Gasteiger partial charge in [0.25, 0.3) is 0 Å². The molecule has 0 unspecified atom stereocenters. The second kappa shape index (κ2) is 11.9. The monoisotopic (exact) mass is 413 g/mol. The van der Waals surface area contributed by atoms with E-state index >= 15 is 0 Å². The van der Waals surface area contributed by atoms with Crippen LogP contribution in [0.1, 0.15) is 58.1 Å². The van der Waals surface area contributed by atoms with Crippen LogP contribution in [0.4, 0.5) is 10.6 Å². The molecule has 0 bridgehead atoms. The molecule has 0 aliphatic carbocycles. The molecule has 2 rings (SSSR count). The van der Waals surface area contributed by atoms with Crippen LogP contribution in [0.3, 0.4) is 0 Å². The third-order valence-corrected chi connectivity index (χ3v) is 4.83. The first-order valence-corrected chi connectivity index (χ1v) is 10.1. The number of aromatic nitrogens is 2. The Morgan fingerprint density at radius 1 is 1.21 bits per heavy atom. The fraction of sp³-hybridized carbons (Fsp3) is 0.737. The van der Waals surface area contributed by atoms with Gasteiger partial charge in [-0.25, -0.2) is 9.59 Å². The largest absolute Gasteiger partial charge is 0.449 e. The van der Waals surface area contributed by atoms with Gasteiger partial charge in [-0.1, -0.05) is 45.4 Å². The van der Waals surface area contributed by atoms with Crippen LogP contribution in [0.15, 0.2) is 17.1 Å². The highest BCUT2D eigenvalue weighted by atomic mass is 16.6. The van der Waals surface area contributed by atoms with Crippen LogP contribution in [0.5, 0.6) is 0 Å². The summed E-state index contributed by atoms with van der Waals surface area (Å²) in [6.45, 7) is 1.96. The van der Waals surface area contributed by atoms with E-state index in [0.29, 0.717) is 6.61 Å². The van der Waals surface area contributed by atoms with Gasteiger partial charge in [-0.15, -0.1) is 0 Å². The van der Waals surface area contributed by atoms with Crippen molar-refractivity contribution in [3.05, 3.63) is 22.7 Å². The van der Waals surface area contributed by atoms with Crippen LogP contribution in [-0.2, 0) is 9.47 Å². The molecule has 164 valence electrons. The summed E-state index contributed by atoms with van der Waals surface area (Å²) in [5.41, 5.74) is -0.787. The highest BCUT2D eigenvalue weighted by Crippen LogP contribution is 2.28. The average Bonchev–Trinajstić information content (AvgIpc) is 2.98. The van der Waals surface area contributed by atoms with Crippen LogP contribution in [0.25, 0.3) is 0 Å². The maximum absolute atomic E-state index is 12.2. The van der Waals surface area contributed by atoms with Crippen molar-refractivity contribution in [3.63, 3.8) is 0 Å². The lowest BCUT2D eigenvalue weighted by atomic mass is 10.1. The molecule has 1 aromatic rings. The molecule has 10 nitrogen and oxygen atoms in total. The summed E-state index contributed by atoms with van der Waals surface area (Å²) in [5, 5.41) is 31.3. The number of carbonyl (C=O) groups excluding carboxylic acids is 1.